The van der Waals surface area contributed by atoms with Gasteiger partial charge in [0.25, 0.3) is 5.54 Å². The van der Waals surface area contributed by atoms with Crippen LogP contribution in [0.2, 0.25) is 0 Å². The Morgan fingerprint density at radius 3 is 2.78 bits per heavy atom. The summed E-state index contributed by atoms with van der Waals surface area (Å²) in [5.41, 5.74) is -0.273. The molecule has 120 valence electrons. The normalized spacial score (nSPS) is 13.1. The molecular weight excluding hydrogens is 314 g/mol. The van der Waals surface area contributed by atoms with Gasteiger partial charge < -0.3 is 9.30 Å². The first-order valence-electron chi connectivity index (χ1n) is 7.42. The fourth-order valence-electron chi connectivity index (χ4n) is 2.49. The van der Waals surface area contributed by atoms with Crippen molar-refractivity contribution >= 4 is 17.6 Å². The number of carbonyl (C=O) groups excluding carboxylic acids is 1. The Kier molecular flexibility index (Phi) is 5.78. The lowest BCUT2D eigenvalue weighted by molar-refractivity contribution is -0.149. The third-order valence-corrected chi connectivity index (χ3v) is 3.83. The Labute approximate surface area is 140 Å². The van der Waals surface area contributed by atoms with Gasteiger partial charge in [0.2, 0.25) is 0 Å². The van der Waals surface area contributed by atoms with E-state index in [0.29, 0.717) is 17.9 Å². The first kappa shape index (κ1) is 17.0. The largest absolute Gasteiger partial charge is 0.463 e. The van der Waals surface area contributed by atoms with E-state index in [2.05, 4.69) is 11.1 Å². The van der Waals surface area contributed by atoms with Crippen LogP contribution in [-0.4, -0.2) is 28.0 Å². The van der Waals surface area contributed by atoms with Crippen molar-refractivity contribution in [2.75, 3.05) is 12.5 Å². The molecule has 1 aromatic carbocycles. The average Bonchev–Trinajstić information content (AvgIpc) is 3.04. The fraction of sp³-hybridized carbons (Fsp3) is 0.353. The van der Waals surface area contributed by atoms with Crippen LogP contribution >= 0.6 is 11.6 Å². The van der Waals surface area contributed by atoms with Gasteiger partial charge in [0.15, 0.2) is 0 Å². The number of ether oxygens (including phenoxy) is 1. The number of benzene rings is 1. The summed E-state index contributed by atoms with van der Waals surface area (Å²) in [6.07, 6.45) is 4.50. The Hall–Kier alpha value is -2.32. The molecule has 2 rings (SSSR count). The van der Waals surface area contributed by atoms with Crippen LogP contribution in [0, 0.1) is 11.3 Å². The van der Waals surface area contributed by atoms with Crippen molar-refractivity contribution in [3.8, 4) is 6.07 Å². The second-order valence-corrected chi connectivity index (χ2v) is 5.33. The van der Waals surface area contributed by atoms with E-state index in [9.17, 15) is 10.1 Å². The first-order chi connectivity index (χ1) is 11.2. The lowest BCUT2D eigenvalue weighted by atomic mass is 9.90. The quantitative estimate of drug-likeness (QED) is 0.578. The standard InChI is InChI=1S/C17H18ClN3O2/c1-2-23-16(22)17(12-19,14-7-4-3-5-8-14)21-13-20-11-15(21)9-6-10-18/h3-5,7-8,11,13H,2,6,9-10H2,1H3. The molecule has 0 aliphatic carbocycles. The van der Waals surface area contributed by atoms with Gasteiger partial charge >= 0.3 is 5.97 Å². The van der Waals surface area contributed by atoms with E-state index >= 15 is 0 Å². The van der Waals surface area contributed by atoms with Gasteiger partial charge in [-0.15, -0.1) is 11.6 Å². The predicted molar refractivity (Wildman–Crippen MR) is 87.0 cm³/mol. The summed E-state index contributed by atoms with van der Waals surface area (Å²) < 4.78 is 6.79. The number of nitrogens with zero attached hydrogens (tertiary/aromatic N) is 3. The molecule has 0 aliphatic heterocycles. The van der Waals surface area contributed by atoms with Crippen molar-refractivity contribution in [3.63, 3.8) is 0 Å². The zero-order valence-corrected chi connectivity index (χ0v) is 13.7. The maximum absolute atomic E-state index is 12.7. The number of hydrogen-bond donors (Lipinski definition) is 0. The number of nitriles is 1. The lowest BCUT2D eigenvalue weighted by Crippen LogP contribution is -2.43. The average molecular weight is 332 g/mol. The molecular formula is C17H18ClN3O2. The number of esters is 1. The second-order valence-electron chi connectivity index (χ2n) is 4.96. The summed E-state index contributed by atoms with van der Waals surface area (Å²) in [4.78, 5) is 16.8. The molecule has 0 radical (unpaired) electrons. The maximum Gasteiger partial charge on any atom is 0.352 e. The topological polar surface area (TPSA) is 67.9 Å². The molecule has 0 saturated heterocycles. The molecule has 1 atom stereocenters. The van der Waals surface area contributed by atoms with Crippen molar-refractivity contribution < 1.29 is 9.53 Å². The van der Waals surface area contributed by atoms with Crippen LogP contribution in [0.25, 0.3) is 0 Å². The molecule has 0 N–H and O–H groups in total. The molecule has 6 heteroatoms. The molecule has 0 bridgehead atoms. The number of aromatic nitrogens is 2. The van der Waals surface area contributed by atoms with Gasteiger partial charge in [0, 0.05) is 23.3 Å². The van der Waals surface area contributed by atoms with E-state index in [4.69, 9.17) is 16.3 Å². The summed E-state index contributed by atoms with van der Waals surface area (Å²) in [5.74, 6) is -0.117. The molecule has 0 saturated carbocycles. The third kappa shape index (κ3) is 3.22. The Morgan fingerprint density at radius 1 is 1.43 bits per heavy atom. The molecule has 23 heavy (non-hydrogen) atoms. The van der Waals surface area contributed by atoms with Crippen molar-refractivity contribution in [2.45, 2.75) is 25.3 Å². The van der Waals surface area contributed by atoms with Gasteiger partial charge in [0.1, 0.15) is 6.07 Å². The van der Waals surface area contributed by atoms with E-state index < -0.39 is 11.5 Å². The number of carbonyl (C=O) groups is 1. The number of halogens is 1. The monoisotopic (exact) mass is 331 g/mol. The molecule has 5 nitrogen and oxygen atoms in total. The van der Waals surface area contributed by atoms with Gasteiger partial charge in [-0.1, -0.05) is 30.3 Å². The molecule has 0 aliphatic rings. The number of rotatable bonds is 7. The van der Waals surface area contributed by atoms with Crippen molar-refractivity contribution in [2.24, 2.45) is 0 Å². The van der Waals surface area contributed by atoms with Gasteiger partial charge in [-0.05, 0) is 19.8 Å². The van der Waals surface area contributed by atoms with E-state index in [1.165, 1.54) is 6.33 Å². The first-order valence-corrected chi connectivity index (χ1v) is 7.95. The zero-order chi connectivity index (χ0) is 16.7. The van der Waals surface area contributed by atoms with Gasteiger partial charge in [-0.3, -0.25) is 0 Å². The van der Waals surface area contributed by atoms with Crippen molar-refractivity contribution in [1.82, 2.24) is 9.55 Å². The van der Waals surface area contributed by atoms with Gasteiger partial charge in [0.05, 0.1) is 12.9 Å². The zero-order valence-electron chi connectivity index (χ0n) is 12.9. The molecule has 1 unspecified atom stereocenters. The minimum Gasteiger partial charge on any atom is -0.463 e. The third-order valence-electron chi connectivity index (χ3n) is 3.57. The highest BCUT2D eigenvalue weighted by Gasteiger charge is 2.45. The fourth-order valence-corrected chi connectivity index (χ4v) is 2.63. The van der Waals surface area contributed by atoms with E-state index in [1.807, 2.05) is 6.07 Å². The summed E-state index contributed by atoms with van der Waals surface area (Å²) in [6.45, 7) is 1.91. The number of alkyl halides is 1. The Bertz CT molecular complexity index is 693. The number of aryl methyl sites for hydroxylation is 1. The Balaban J connectivity index is 2.61. The van der Waals surface area contributed by atoms with Crippen molar-refractivity contribution in [3.05, 3.63) is 54.1 Å². The van der Waals surface area contributed by atoms with Gasteiger partial charge in [-0.25, -0.2) is 9.78 Å². The van der Waals surface area contributed by atoms with Crippen LogP contribution in [0.5, 0.6) is 0 Å². The summed E-state index contributed by atoms with van der Waals surface area (Å²) in [7, 11) is 0. The predicted octanol–water partition coefficient (Wildman–Crippen LogP) is 2.88. The molecule has 1 heterocycles. The second kappa shape index (κ2) is 7.80. The van der Waals surface area contributed by atoms with Crippen LogP contribution in [0.15, 0.2) is 42.9 Å². The lowest BCUT2D eigenvalue weighted by Gasteiger charge is -2.28. The van der Waals surface area contributed by atoms with Crippen molar-refractivity contribution in [1.29, 1.82) is 5.26 Å². The minimum absolute atomic E-state index is 0.195. The van der Waals surface area contributed by atoms with Crippen LogP contribution < -0.4 is 0 Å². The SMILES string of the molecule is CCOC(=O)C(C#N)(c1ccccc1)n1cncc1CCCCl. The molecule has 0 fully saturated rings. The van der Waals surface area contributed by atoms with E-state index in [0.717, 1.165) is 12.1 Å². The highest BCUT2D eigenvalue weighted by molar-refractivity contribution is 6.17. The molecule has 2 aromatic rings. The minimum atomic E-state index is -1.59. The maximum atomic E-state index is 12.7. The smallest absolute Gasteiger partial charge is 0.352 e. The molecule has 1 aromatic heterocycles. The highest BCUT2D eigenvalue weighted by Crippen LogP contribution is 2.29. The highest BCUT2D eigenvalue weighted by atomic mass is 35.5. The van der Waals surface area contributed by atoms with Crippen LogP contribution in [0.3, 0.4) is 0 Å². The number of hydrogen-bond acceptors (Lipinski definition) is 4. The summed E-state index contributed by atoms with van der Waals surface area (Å²) in [5, 5.41) is 9.92. The molecule has 0 spiro atoms. The van der Waals surface area contributed by atoms with Gasteiger partial charge in [-0.2, -0.15) is 5.26 Å². The van der Waals surface area contributed by atoms with Crippen LogP contribution in [0.4, 0.5) is 0 Å². The summed E-state index contributed by atoms with van der Waals surface area (Å²) >= 11 is 5.76. The van der Waals surface area contributed by atoms with E-state index in [-0.39, 0.29) is 6.61 Å². The molecule has 0 amide bonds. The number of imidazole rings is 1. The Morgan fingerprint density at radius 2 is 2.17 bits per heavy atom. The van der Waals surface area contributed by atoms with Crippen LogP contribution in [0.1, 0.15) is 24.6 Å². The summed E-state index contributed by atoms with van der Waals surface area (Å²) in [6, 6.07) is 11.0. The van der Waals surface area contributed by atoms with E-state index in [1.54, 1.807) is 42.0 Å². The van der Waals surface area contributed by atoms with Crippen LogP contribution in [-0.2, 0) is 21.5 Å².